The van der Waals surface area contributed by atoms with E-state index in [2.05, 4.69) is 4.40 Å². The van der Waals surface area contributed by atoms with Gasteiger partial charge in [0.2, 0.25) is 0 Å². The number of furan rings is 1. The molecule has 0 fully saturated rings. The molecule has 5 heteroatoms. The molecule has 19 heavy (non-hydrogen) atoms. The first-order valence-electron chi connectivity index (χ1n) is 5.94. The molecule has 0 N–H and O–H groups in total. The van der Waals surface area contributed by atoms with Crippen molar-refractivity contribution < 1.29 is 13.7 Å². The average molecular weight is 279 g/mol. The maximum atomic E-state index is 11.8. The molecule has 0 bridgehead atoms. The van der Waals surface area contributed by atoms with E-state index < -0.39 is 11.4 Å². The molecule has 0 saturated carbocycles. The lowest BCUT2D eigenvalue weighted by Crippen LogP contribution is -2.25. The molecule has 1 atom stereocenters. The largest absolute Gasteiger partial charge is 0.591 e. The minimum Gasteiger partial charge on any atom is -0.591 e. The van der Waals surface area contributed by atoms with Gasteiger partial charge in [0.05, 0.1) is 7.11 Å². The number of nitrogens with zero attached hydrogens (tertiary/aromatic N) is 1. The second-order valence-corrected chi connectivity index (χ2v) is 7.08. The highest BCUT2D eigenvalue weighted by atomic mass is 32.2. The zero-order chi connectivity index (χ0) is 14.0. The Balaban J connectivity index is 2.24. The van der Waals surface area contributed by atoms with Crippen LogP contribution in [0, 0.1) is 0 Å². The van der Waals surface area contributed by atoms with Gasteiger partial charge in [-0.3, -0.25) is 0 Å². The number of hydrogen-bond acceptors (Lipinski definition) is 4. The molecule has 1 aromatic heterocycles. The summed E-state index contributed by atoms with van der Waals surface area (Å²) in [4.78, 5) is 0. The average Bonchev–Trinajstić information content (AvgIpc) is 2.76. The molecule has 1 heterocycles. The van der Waals surface area contributed by atoms with E-state index in [9.17, 15) is 4.55 Å². The summed E-state index contributed by atoms with van der Waals surface area (Å²) in [6.45, 7) is 5.64. The molecule has 1 unspecified atom stereocenters. The van der Waals surface area contributed by atoms with Gasteiger partial charge in [-0.1, -0.05) is 4.40 Å². The van der Waals surface area contributed by atoms with Crippen molar-refractivity contribution in [2.45, 2.75) is 25.5 Å². The van der Waals surface area contributed by atoms with Gasteiger partial charge in [0.25, 0.3) is 0 Å². The molecule has 0 aliphatic rings. The van der Waals surface area contributed by atoms with E-state index in [0.717, 1.165) is 16.7 Å². The summed E-state index contributed by atoms with van der Waals surface area (Å²) in [7, 11) is 1.62. The highest BCUT2D eigenvalue weighted by molar-refractivity contribution is 7.91. The Kier molecular flexibility index (Phi) is 3.87. The molecule has 2 aromatic rings. The van der Waals surface area contributed by atoms with E-state index >= 15 is 0 Å². The summed E-state index contributed by atoms with van der Waals surface area (Å²) in [6, 6.07) is 7.41. The van der Waals surface area contributed by atoms with E-state index in [1.165, 1.54) is 6.21 Å². The number of benzene rings is 1. The number of rotatable bonds is 3. The minimum atomic E-state index is -1.28. The molecule has 0 aliphatic carbocycles. The first kappa shape index (κ1) is 14.0. The predicted molar refractivity (Wildman–Crippen MR) is 78.3 cm³/mol. The number of hydrogen-bond donors (Lipinski definition) is 0. The maximum Gasteiger partial charge on any atom is 0.150 e. The smallest absolute Gasteiger partial charge is 0.150 e. The van der Waals surface area contributed by atoms with Crippen LogP contribution >= 0.6 is 0 Å². The van der Waals surface area contributed by atoms with Gasteiger partial charge in [-0.15, -0.1) is 0 Å². The van der Waals surface area contributed by atoms with E-state index in [1.807, 2.05) is 45.0 Å². The van der Waals surface area contributed by atoms with Crippen LogP contribution in [0.1, 0.15) is 26.5 Å². The van der Waals surface area contributed by atoms with Gasteiger partial charge in [-0.25, -0.2) is 0 Å². The Morgan fingerprint density at radius 3 is 2.68 bits per heavy atom. The lowest BCUT2D eigenvalue weighted by atomic mass is 10.2. The molecule has 1 aromatic carbocycles. The summed E-state index contributed by atoms with van der Waals surface area (Å²) < 4.78 is 26.2. The molecule has 0 spiro atoms. The quantitative estimate of drug-likeness (QED) is 0.639. The Bertz CT molecular complexity index is 598. The molecule has 0 radical (unpaired) electrons. The summed E-state index contributed by atoms with van der Waals surface area (Å²) in [5.41, 5.74) is 0.754. The third kappa shape index (κ3) is 3.30. The normalized spacial score (nSPS) is 14.2. The van der Waals surface area contributed by atoms with E-state index in [0.29, 0.717) is 5.76 Å². The van der Waals surface area contributed by atoms with Crippen molar-refractivity contribution in [3.05, 3.63) is 30.0 Å². The van der Waals surface area contributed by atoms with Gasteiger partial charge in [-0.2, -0.15) is 0 Å². The number of ether oxygens (including phenoxy) is 1. The van der Waals surface area contributed by atoms with Crippen LogP contribution in [0.3, 0.4) is 0 Å². The van der Waals surface area contributed by atoms with Gasteiger partial charge in [0.1, 0.15) is 33.7 Å². The molecule has 102 valence electrons. The molecule has 0 saturated heterocycles. The van der Waals surface area contributed by atoms with Crippen LogP contribution in [0.15, 0.2) is 33.1 Å². The van der Waals surface area contributed by atoms with Crippen LogP contribution in [0.5, 0.6) is 5.75 Å². The summed E-state index contributed by atoms with van der Waals surface area (Å²) in [5.74, 6) is 1.36. The van der Waals surface area contributed by atoms with Crippen molar-refractivity contribution >= 4 is 28.5 Å². The lowest BCUT2D eigenvalue weighted by molar-refractivity contribution is 0.415. The van der Waals surface area contributed by atoms with Gasteiger partial charge in [-0.05, 0) is 45.0 Å². The molecule has 0 amide bonds. The molecule has 0 aliphatic heterocycles. The third-order valence-electron chi connectivity index (χ3n) is 2.54. The van der Waals surface area contributed by atoms with Crippen LogP contribution in [-0.2, 0) is 11.4 Å². The van der Waals surface area contributed by atoms with Crippen LogP contribution in [0.25, 0.3) is 11.0 Å². The van der Waals surface area contributed by atoms with Gasteiger partial charge < -0.3 is 13.7 Å². The first-order chi connectivity index (χ1) is 8.90. The van der Waals surface area contributed by atoms with Crippen molar-refractivity contribution in [3.8, 4) is 5.75 Å². The Hall–Kier alpha value is -1.46. The fraction of sp³-hybridized carbons (Fsp3) is 0.357. The van der Waals surface area contributed by atoms with Gasteiger partial charge >= 0.3 is 0 Å². The second kappa shape index (κ2) is 5.27. The van der Waals surface area contributed by atoms with Crippen molar-refractivity contribution in [1.82, 2.24) is 0 Å². The Labute approximate surface area is 115 Å². The number of fused-ring (bicyclic) bond motifs is 1. The topological polar surface area (TPSA) is 57.8 Å². The SMILES string of the molecule is COc1ccc2oc(/C=N\[S+]([O-])C(C)(C)C)cc2c1. The van der Waals surface area contributed by atoms with Crippen LogP contribution in [-0.4, -0.2) is 22.6 Å². The number of methoxy groups -OCH3 is 1. The predicted octanol–water partition coefficient (Wildman–Crippen LogP) is 3.32. The fourth-order valence-corrected chi connectivity index (χ4v) is 2.01. The van der Waals surface area contributed by atoms with Crippen molar-refractivity contribution in [1.29, 1.82) is 0 Å². The first-order valence-corrected chi connectivity index (χ1v) is 7.04. The van der Waals surface area contributed by atoms with Crippen LogP contribution < -0.4 is 4.74 Å². The van der Waals surface area contributed by atoms with Crippen molar-refractivity contribution in [3.63, 3.8) is 0 Å². The van der Waals surface area contributed by atoms with E-state index in [1.54, 1.807) is 7.11 Å². The minimum absolute atomic E-state index is 0.369. The lowest BCUT2D eigenvalue weighted by Gasteiger charge is -2.17. The second-order valence-electron chi connectivity index (χ2n) is 5.15. The zero-order valence-electron chi connectivity index (χ0n) is 11.5. The zero-order valence-corrected chi connectivity index (χ0v) is 12.3. The highest BCUT2D eigenvalue weighted by Gasteiger charge is 2.25. The van der Waals surface area contributed by atoms with Crippen molar-refractivity contribution in [2.24, 2.45) is 4.40 Å². The maximum absolute atomic E-state index is 11.8. The summed E-state index contributed by atoms with van der Waals surface area (Å²) >= 11 is -1.28. The molecule has 2 rings (SSSR count). The molecular formula is C14H17NO3S. The Morgan fingerprint density at radius 2 is 2.05 bits per heavy atom. The van der Waals surface area contributed by atoms with Gasteiger partial charge in [0, 0.05) is 5.39 Å². The summed E-state index contributed by atoms with van der Waals surface area (Å²) in [5, 5.41) is 0.933. The third-order valence-corrected chi connectivity index (χ3v) is 3.89. The van der Waals surface area contributed by atoms with Crippen molar-refractivity contribution in [2.75, 3.05) is 7.11 Å². The highest BCUT2D eigenvalue weighted by Crippen LogP contribution is 2.24. The van der Waals surface area contributed by atoms with E-state index in [-0.39, 0.29) is 4.75 Å². The van der Waals surface area contributed by atoms with Crippen LogP contribution in [0.2, 0.25) is 0 Å². The summed E-state index contributed by atoms with van der Waals surface area (Å²) in [6.07, 6.45) is 1.51. The van der Waals surface area contributed by atoms with Crippen LogP contribution in [0.4, 0.5) is 0 Å². The molecule has 4 nitrogen and oxygen atoms in total. The Morgan fingerprint density at radius 1 is 1.32 bits per heavy atom. The van der Waals surface area contributed by atoms with Gasteiger partial charge in [0.15, 0.2) is 5.76 Å². The molecular weight excluding hydrogens is 262 g/mol. The fourth-order valence-electron chi connectivity index (χ4n) is 1.49. The van der Waals surface area contributed by atoms with E-state index in [4.69, 9.17) is 9.15 Å². The standard InChI is InChI=1S/C14H17NO3S/c1-14(2,3)19(16)15-9-12-8-10-7-11(17-4)5-6-13(10)18-12/h5-9H,1-4H3/b15-9-. The monoisotopic (exact) mass is 279 g/mol.